The number of hydrogen-bond acceptors (Lipinski definition) is 9. The normalized spacial score (nSPS) is 12.6. The number of esters is 2. The average Bonchev–Trinajstić information content (AvgIpc) is 2.79. The fourth-order valence-corrected chi connectivity index (χ4v) is 2.87. The average molecular weight is 460 g/mol. The Morgan fingerprint density at radius 3 is 2.06 bits per heavy atom. The molecule has 9 heteroatoms. The summed E-state index contributed by atoms with van der Waals surface area (Å²) in [6, 6.07) is 9.84. The zero-order chi connectivity index (χ0) is 24.4. The molecule has 33 heavy (non-hydrogen) atoms. The first-order chi connectivity index (χ1) is 15.7. The number of benzene rings is 2. The van der Waals surface area contributed by atoms with Crippen LogP contribution in [0, 0.1) is 0 Å². The molecule has 0 saturated heterocycles. The summed E-state index contributed by atoms with van der Waals surface area (Å²) >= 11 is 0. The van der Waals surface area contributed by atoms with Crippen molar-refractivity contribution in [3.05, 3.63) is 53.6 Å². The zero-order valence-corrected chi connectivity index (χ0v) is 18.9. The highest BCUT2D eigenvalue weighted by atomic mass is 16.6. The standard InChI is InChI=1S/C24H28O9/c1-15(25)31-11-5-6-17-7-9-19(10-8-17)33-22(14-32-16(2)26)23(27)18-12-20(29-3)24(28)21(13-18)30-4/h5-10,12-13,22-23,27-28H,11,14H2,1-4H3/b6-5+. The first-order valence-electron chi connectivity index (χ1n) is 10.1. The Balaban J connectivity index is 2.21. The molecule has 0 heterocycles. The molecule has 0 spiro atoms. The number of aliphatic hydroxyl groups is 1. The summed E-state index contributed by atoms with van der Waals surface area (Å²) in [5.41, 5.74) is 1.18. The molecule has 9 nitrogen and oxygen atoms in total. The fourth-order valence-electron chi connectivity index (χ4n) is 2.87. The van der Waals surface area contributed by atoms with Crippen LogP contribution in [0.3, 0.4) is 0 Å². The van der Waals surface area contributed by atoms with Crippen molar-refractivity contribution >= 4 is 18.0 Å². The van der Waals surface area contributed by atoms with E-state index in [0.29, 0.717) is 11.3 Å². The largest absolute Gasteiger partial charge is 0.502 e. The maximum Gasteiger partial charge on any atom is 0.302 e. The molecule has 178 valence electrons. The van der Waals surface area contributed by atoms with Gasteiger partial charge in [0, 0.05) is 13.8 Å². The van der Waals surface area contributed by atoms with Crippen LogP contribution >= 0.6 is 0 Å². The molecule has 2 aromatic rings. The summed E-state index contributed by atoms with van der Waals surface area (Å²) in [5, 5.41) is 21.1. The maximum absolute atomic E-state index is 11.3. The Hall–Kier alpha value is -3.72. The Bertz CT molecular complexity index is 941. The Morgan fingerprint density at radius 2 is 1.55 bits per heavy atom. The van der Waals surface area contributed by atoms with Gasteiger partial charge in [-0.15, -0.1) is 0 Å². The second kappa shape index (κ2) is 12.4. The number of carbonyl (C=O) groups is 2. The number of aliphatic hydroxyl groups excluding tert-OH is 1. The number of ether oxygens (including phenoxy) is 5. The van der Waals surface area contributed by atoms with Gasteiger partial charge in [0.25, 0.3) is 0 Å². The van der Waals surface area contributed by atoms with E-state index in [-0.39, 0.29) is 36.4 Å². The maximum atomic E-state index is 11.3. The van der Waals surface area contributed by atoms with E-state index in [1.54, 1.807) is 36.4 Å². The van der Waals surface area contributed by atoms with Crippen LogP contribution in [0.5, 0.6) is 23.0 Å². The lowest BCUT2D eigenvalue weighted by atomic mass is 10.0. The summed E-state index contributed by atoms with van der Waals surface area (Å²) in [6.45, 7) is 2.55. The van der Waals surface area contributed by atoms with Crippen molar-refractivity contribution in [3.63, 3.8) is 0 Å². The van der Waals surface area contributed by atoms with Gasteiger partial charge in [-0.05, 0) is 41.5 Å². The van der Waals surface area contributed by atoms with Crippen molar-refractivity contribution in [2.24, 2.45) is 0 Å². The van der Waals surface area contributed by atoms with Gasteiger partial charge < -0.3 is 33.9 Å². The van der Waals surface area contributed by atoms with E-state index >= 15 is 0 Å². The predicted molar refractivity (Wildman–Crippen MR) is 119 cm³/mol. The molecule has 0 aliphatic carbocycles. The van der Waals surface area contributed by atoms with Crippen molar-refractivity contribution in [1.82, 2.24) is 0 Å². The molecule has 0 fully saturated rings. The van der Waals surface area contributed by atoms with Crippen LogP contribution < -0.4 is 14.2 Å². The van der Waals surface area contributed by atoms with Gasteiger partial charge in [0.1, 0.15) is 25.1 Å². The van der Waals surface area contributed by atoms with Crippen LogP contribution in [0.25, 0.3) is 6.08 Å². The SMILES string of the molecule is COc1cc(C(O)C(COC(C)=O)Oc2ccc(/C=C/COC(C)=O)cc2)cc(OC)c1O. The highest BCUT2D eigenvalue weighted by Gasteiger charge is 2.27. The van der Waals surface area contributed by atoms with Crippen LogP contribution in [0.4, 0.5) is 0 Å². The zero-order valence-electron chi connectivity index (χ0n) is 18.9. The van der Waals surface area contributed by atoms with Crippen molar-refractivity contribution in [2.45, 2.75) is 26.1 Å². The highest BCUT2D eigenvalue weighted by molar-refractivity contribution is 5.66. The minimum absolute atomic E-state index is 0.111. The van der Waals surface area contributed by atoms with Crippen molar-refractivity contribution in [2.75, 3.05) is 27.4 Å². The summed E-state index contributed by atoms with van der Waals surface area (Å²) in [4.78, 5) is 22.1. The van der Waals surface area contributed by atoms with Gasteiger partial charge >= 0.3 is 11.9 Å². The smallest absolute Gasteiger partial charge is 0.302 e. The number of methoxy groups -OCH3 is 2. The van der Waals surface area contributed by atoms with Crippen LogP contribution in [-0.2, 0) is 19.1 Å². The van der Waals surface area contributed by atoms with Gasteiger partial charge in [-0.3, -0.25) is 9.59 Å². The number of phenols is 1. The highest BCUT2D eigenvalue weighted by Crippen LogP contribution is 2.39. The first kappa shape index (κ1) is 25.5. The van der Waals surface area contributed by atoms with Gasteiger partial charge in [-0.1, -0.05) is 18.2 Å². The molecule has 2 aromatic carbocycles. The topological polar surface area (TPSA) is 121 Å². The molecule has 0 bridgehead atoms. The lowest BCUT2D eigenvalue weighted by Gasteiger charge is -2.25. The molecule has 0 aliphatic heterocycles. The second-order valence-electron chi connectivity index (χ2n) is 6.95. The number of hydrogen-bond donors (Lipinski definition) is 2. The molecule has 0 radical (unpaired) electrons. The number of phenolic OH excluding ortho intramolecular Hbond substituents is 1. The Labute approximate surface area is 192 Å². The van der Waals surface area contributed by atoms with Crippen LogP contribution in [0.2, 0.25) is 0 Å². The third kappa shape index (κ3) is 7.73. The van der Waals surface area contributed by atoms with Crippen molar-refractivity contribution in [1.29, 1.82) is 0 Å². The molecular formula is C24H28O9. The number of carbonyl (C=O) groups excluding carboxylic acids is 2. The Morgan fingerprint density at radius 1 is 0.970 bits per heavy atom. The van der Waals surface area contributed by atoms with E-state index in [1.807, 2.05) is 0 Å². The van der Waals surface area contributed by atoms with E-state index in [2.05, 4.69) is 0 Å². The molecule has 2 unspecified atom stereocenters. The summed E-state index contributed by atoms with van der Waals surface area (Å²) < 4.78 is 26.1. The van der Waals surface area contributed by atoms with E-state index in [9.17, 15) is 19.8 Å². The minimum Gasteiger partial charge on any atom is -0.502 e. The molecular weight excluding hydrogens is 432 g/mol. The van der Waals surface area contributed by atoms with E-state index in [0.717, 1.165) is 5.56 Å². The van der Waals surface area contributed by atoms with E-state index in [1.165, 1.54) is 40.2 Å². The fraction of sp³-hybridized carbons (Fsp3) is 0.333. The molecule has 2 atom stereocenters. The third-order valence-corrected chi connectivity index (χ3v) is 4.51. The molecule has 0 amide bonds. The van der Waals surface area contributed by atoms with Crippen LogP contribution in [-0.4, -0.2) is 55.7 Å². The molecule has 2 rings (SSSR count). The molecule has 0 aromatic heterocycles. The summed E-state index contributed by atoms with van der Waals surface area (Å²) in [6.07, 6.45) is 1.29. The van der Waals surface area contributed by atoms with Crippen molar-refractivity contribution < 1.29 is 43.5 Å². The summed E-state index contributed by atoms with van der Waals surface area (Å²) in [7, 11) is 2.75. The van der Waals surface area contributed by atoms with Crippen LogP contribution in [0.1, 0.15) is 31.1 Å². The van der Waals surface area contributed by atoms with Crippen LogP contribution in [0.15, 0.2) is 42.5 Å². The lowest BCUT2D eigenvalue weighted by molar-refractivity contribution is -0.145. The third-order valence-electron chi connectivity index (χ3n) is 4.51. The first-order valence-corrected chi connectivity index (χ1v) is 10.1. The Kier molecular flexibility index (Phi) is 9.56. The lowest BCUT2D eigenvalue weighted by Crippen LogP contribution is -2.31. The monoisotopic (exact) mass is 460 g/mol. The molecule has 0 aliphatic rings. The quantitative estimate of drug-likeness (QED) is 0.487. The van der Waals surface area contributed by atoms with E-state index < -0.39 is 18.2 Å². The number of rotatable bonds is 11. The number of aromatic hydroxyl groups is 1. The summed E-state index contributed by atoms with van der Waals surface area (Å²) in [5.74, 6) is -0.430. The predicted octanol–water partition coefficient (Wildman–Crippen LogP) is 3.03. The molecule has 2 N–H and O–H groups in total. The molecule has 0 saturated carbocycles. The van der Waals surface area contributed by atoms with E-state index in [4.69, 9.17) is 23.7 Å². The van der Waals surface area contributed by atoms with Gasteiger partial charge in [-0.25, -0.2) is 0 Å². The minimum atomic E-state index is -1.24. The van der Waals surface area contributed by atoms with Gasteiger partial charge in [0.05, 0.1) is 14.2 Å². The van der Waals surface area contributed by atoms with Crippen molar-refractivity contribution in [3.8, 4) is 23.0 Å². The van der Waals surface area contributed by atoms with Gasteiger partial charge in [0.2, 0.25) is 5.75 Å². The van der Waals surface area contributed by atoms with Gasteiger partial charge in [0.15, 0.2) is 17.6 Å². The second-order valence-corrected chi connectivity index (χ2v) is 6.95. The van der Waals surface area contributed by atoms with Gasteiger partial charge in [-0.2, -0.15) is 0 Å².